The van der Waals surface area contributed by atoms with Crippen LogP contribution in [0.2, 0.25) is 5.02 Å². The van der Waals surface area contributed by atoms with Gasteiger partial charge < -0.3 is 15.5 Å². The summed E-state index contributed by atoms with van der Waals surface area (Å²) in [5, 5.41) is 7.94. The summed E-state index contributed by atoms with van der Waals surface area (Å²) < 4.78 is 0. The molecule has 0 unspecified atom stereocenters. The number of carbonyl (C=O) groups excluding carboxylic acids is 1. The van der Waals surface area contributed by atoms with Crippen LogP contribution in [0.4, 0.5) is 17.1 Å². The van der Waals surface area contributed by atoms with E-state index in [1.165, 1.54) is 0 Å². The van der Waals surface area contributed by atoms with Gasteiger partial charge in [0.2, 0.25) is 0 Å². The van der Waals surface area contributed by atoms with E-state index in [1.54, 1.807) is 0 Å². The molecule has 3 aromatic carbocycles. The summed E-state index contributed by atoms with van der Waals surface area (Å²) in [5.74, 6) is -0.0198. The van der Waals surface area contributed by atoms with E-state index >= 15 is 0 Å². The van der Waals surface area contributed by atoms with Gasteiger partial charge in [-0.25, -0.2) is 0 Å². The molecule has 0 amide bonds. The number of Topliss-reactive ketones (excluding diaryl/α,β-unsaturated/α-hetero) is 1. The third-order valence-corrected chi connectivity index (χ3v) is 6.65. The summed E-state index contributed by atoms with van der Waals surface area (Å²) in [6, 6.07) is 24.2. The summed E-state index contributed by atoms with van der Waals surface area (Å²) >= 11 is 6.08. The van der Waals surface area contributed by atoms with Crippen LogP contribution in [0.15, 0.2) is 84.6 Å². The average molecular weight is 444 g/mol. The molecule has 0 saturated heterocycles. The van der Waals surface area contributed by atoms with Gasteiger partial charge in [0.1, 0.15) is 5.78 Å². The van der Waals surface area contributed by atoms with Gasteiger partial charge in [0.05, 0.1) is 23.3 Å². The molecular weight excluding hydrogens is 418 g/mol. The summed E-state index contributed by atoms with van der Waals surface area (Å²) in [4.78, 5) is 15.7. The van der Waals surface area contributed by atoms with Crippen LogP contribution in [0, 0.1) is 5.92 Å². The highest BCUT2D eigenvalue weighted by molar-refractivity contribution is 6.30. The van der Waals surface area contributed by atoms with Crippen LogP contribution in [-0.4, -0.2) is 19.9 Å². The first-order valence-corrected chi connectivity index (χ1v) is 11.3. The number of allylic oxidation sites excluding steroid dienone is 1. The van der Waals surface area contributed by atoms with Crippen molar-refractivity contribution in [3.05, 3.63) is 101 Å². The van der Waals surface area contributed by atoms with Crippen molar-refractivity contribution in [2.75, 3.05) is 29.6 Å². The number of hydrogen-bond acceptors (Lipinski definition) is 4. The Bertz CT molecular complexity index is 1170. The van der Waals surface area contributed by atoms with E-state index in [2.05, 4.69) is 51.9 Å². The Morgan fingerprint density at radius 2 is 1.53 bits per heavy atom. The van der Waals surface area contributed by atoms with Crippen molar-refractivity contribution >= 4 is 34.4 Å². The fourth-order valence-corrected chi connectivity index (χ4v) is 4.81. The van der Waals surface area contributed by atoms with Crippen molar-refractivity contribution in [3.8, 4) is 0 Å². The molecule has 5 rings (SSSR count). The first kappa shape index (κ1) is 20.7. The largest absolute Gasteiger partial charge is 0.378 e. The highest BCUT2D eigenvalue weighted by Gasteiger charge is 2.39. The Hall–Kier alpha value is -3.24. The smallest absolute Gasteiger partial charge is 0.145 e. The van der Waals surface area contributed by atoms with Crippen LogP contribution in [0.1, 0.15) is 29.5 Å². The monoisotopic (exact) mass is 443 g/mol. The predicted octanol–water partition coefficient (Wildman–Crippen LogP) is 6.24. The SMILES string of the molecule is CN(C)c1ccc([C@H]2Nc3ccccc3NC3=C[C@H](c4ccc(Cl)cc4)CC(=O)[C@H]32)cc1. The minimum atomic E-state index is -0.281. The van der Waals surface area contributed by atoms with Crippen LogP contribution in [0.25, 0.3) is 0 Å². The van der Waals surface area contributed by atoms with Crippen LogP contribution < -0.4 is 15.5 Å². The Morgan fingerprint density at radius 3 is 2.22 bits per heavy atom. The average Bonchev–Trinajstić information content (AvgIpc) is 2.96. The maximum atomic E-state index is 13.6. The molecule has 4 nitrogen and oxygen atoms in total. The fourth-order valence-electron chi connectivity index (χ4n) is 4.69. The molecule has 0 spiro atoms. The molecule has 2 N–H and O–H groups in total. The van der Waals surface area contributed by atoms with Gasteiger partial charge in [-0.1, -0.05) is 54.1 Å². The lowest BCUT2D eigenvalue weighted by Crippen LogP contribution is -2.33. The van der Waals surface area contributed by atoms with Crippen LogP contribution in [0.3, 0.4) is 0 Å². The highest BCUT2D eigenvalue weighted by atomic mass is 35.5. The lowest BCUT2D eigenvalue weighted by Gasteiger charge is -2.32. The molecule has 1 aliphatic heterocycles. The molecule has 1 heterocycles. The van der Waals surface area contributed by atoms with Crippen LogP contribution in [0.5, 0.6) is 0 Å². The molecule has 0 fully saturated rings. The number of ketones is 1. The molecule has 0 radical (unpaired) electrons. The molecule has 2 aliphatic rings. The Labute approximate surface area is 193 Å². The quantitative estimate of drug-likeness (QED) is 0.502. The van der Waals surface area contributed by atoms with E-state index in [0.29, 0.717) is 11.4 Å². The van der Waals surface area contributed by atoms with Gasteiger partial charge >= 0.3 is 0 Å². The second-order valence-electron chi connectivity index (χ2n) is 8.71. The molecule has 0 saturated carbocycles. The number of fused-ring (bicyclic) bond motifs is 2. The lowest BCUT2D eigenvalue weighted by molar-refractivity contribution is -0.122. The first-order chi connectivity index (χ1) is 15.5. The first-order valence-electron chi connectivity index (χ1n) is 10.9. The molecule has 32 heavy (non-hydrogen) atoms. The van der Waals surface area contributed by atoms with Crippen molar-refractivity contribution in [3.63, 3.8) is 0 Å². The van der Waals surface area contributed by atoms with E-state index in [9.17, 15) is 4.79 Å². The summed E-state index contributed by atoms with van der Waals surface area (Å²) in [6.07, 6.45) is 2.70. The summed E-state index contributed by atoms with van der Waals surface area (Å²) in [7, 11) is 4.06. The minimum Gasteiger partial charge on any atom is -0.378 e. The molecular formula is C27H26ClN3O. The van der Waals surface area contributed by atoms with Crippen molar-refractivity contribution in [1.29, 1.82) is 0 Å². The normalized spacial score (nSPS) is 21.9. The number of carbonyl (C=O) groups is 1. The molecule has 0 bridgehead atoms. The number of hydrogen-bond donors (Lipinski definition) is 2. The Balaban J connectivity index is 1.58. The van der Waals surface area contributed by atoms with Crippen molar-refractivity contribution in [1.82, 2.24) is 0 Å². The van der Waals surface area contributed by atoms with Crippen molar-refractivity contribution in [2.24, 2.45) is 5.92 Å². The van der Waals surface area contributed by atoms with E-state index in [0.717, 1.165) is 33.9 Å². The highest BCUT2D eigenvalue weighted by Crippen LogP contribution is 2.44. The number of rotatable bonds is 3. The molecule has 3 atom stereocenters. The zero-order chi connectivity index (χ0) is 22.2. The summed E-state index contributed by atoms with van der Waals surface area (Å²) in [5.41, 5.74) is 6.28. The summed E-state index contributed by atoms with van der Waals surface area (Å²) in [6.45, 7) is 0. The number of nitrogens with one attached hydrogen (secondary N) is 2. The van der Waals surface area contributed by atoms with E-state index < -0.39 is 0 Å². The van der Waals surface area contributed by atoms with Gasteiger partial charge in [-0.3, -0.25) is 4.79 Å². The number of anilines is 3. The van der Waals surface area contributed by atoms with Gasteiger partial charge in [0, 0.05) is 42.8 Å². The molecule has 5 heteroatoms. The minimum absolute atomic E-state index is 0.0283. The molecule has 1 aliphatic carbocycles. The van der Waals surface area contributed by atoms with Gasteiger partial charge in [-0.2, -0.15) is 0 Å². The van der Waals surface area contributed by atoms with Crippen molar-refractivity contribution in [2.45, 2.75) is 18.4 Å². The van der Waals surface area contributed by atoms with E-state index in [1.807, 2.05) is 56.6 Å². The second-order valence-corrected chi connectivity index (χ2v) is 9.14. The van der Waals surface area contributed by atoms with Gasteiger partial charge in [-0.15, -0.1) is 0 Å². The second kappa shape index (κ2) is 8.36. The topological polar surface area (TPSA) is 44.4 Å². The third kappa shape index (κ3) is 3.87. The van der Waals surface area contributed by atoms with Crippen LogP contribution >= 0.6 is 11.6 Å². The zero-order valence-electron chi connectivity index (χ0n) is 18.2. The Morgan fingerprint density at radius 1 is 0.875 bits per heavy atom. The number of nitrogens with zero attached hydrogens (tertiary/aromatic N) is 1. The lowest BCUT2D eigenvalue weighted by atomic mass is 9.76. The molecule has 0 aromatic heterocycles. The number of halogens is 1. The van der Waals surface area contributed by atoms with E-state index in [-0.39, 0.29) is 23.7 Å². The maximum absolute atomic E-state index is 13.6. The number of benzene rings is 3. The molecule has 162 valence electrons. The molecule has 3 aromatic rings. The van der Waals surface area contributed by atoms with Crippen molar-refractivity contribution < 1.29 is 4.79 Å². The predicted molar refractivity (Wildman–Crippen MR) is 133 cm³/mol. The van der Waals surface area contributed by atoms with Crippen LogP contribution in [-0.2, 0) is 4.79 Å². The third-order valence-electron chi connectivity index (χ3n) is 6.40. The number of para-hydroxylation sites is 2. The van der Waals surface area contributed by atoms with Gasteiger partial charge in [-0.05, 0) is 47.5 Å². The fraction of sp³-hybridized carbons (Fsp3) is 0.222. The van der Waals surface area contributed by atoms with E-state index in [4.69, 9.17) is 11.6 Å². The maximum Gasteiger partial charge on any atom is 0.145 e. The zero-order valence-corrected chi connectivity index (χ0v) is 18.9. The van der Waals surface area contributed by atoms with Gasteiger partial charge in [0.15, 0.2) is 0 Å². The Kier molecular flexibility index (Phi) is 5.40. The van der Waals surface area contributed by atoms with Gasteiger partial charge in [0.25, 0.3) is 0 Å². The standard InChI is InChI=1S/C27H26ClN3O/c1-31(2)21-13-9-18(10-14-21)27-26-24(29-22-5-3-4-6-23(22)30-27)15-19(16-25(26)32)17-7-11-20(28)12-8-17/h3-15,19,26-27,29-30H,16H2,1-2H3/t19-,26-,27+/m0/s1.